The number of benzene rings is 1. The maximum Gasteiger partial charge on any atom is 0.138 e. The first kappa shape index (κ1) is 13.9. The van der Waals surface area contributed by atoms with Crippen molar-refractivity contribution in [3.8, 4) is 5.75 Å². The fourth-order valence-electron chi connectivity index (χ4n) is 2.68. The van der Waals surface area contributed by atoms with Crippen molar-refractivity contribution in [2.45, 2.75) is 13.5 Å². The molecule has 1 fully saturated rings. The van der Waals surface area contributed by atoms with E-state index in [1.54, 1.807) is 7.11 Å². The molecule has 3 rings (SSSR count). The maximum atomic E-state index is 5.30. The lowest BCUT2D eigenvalue weighted by Gasteiger charge is -2.36. The van der Waals surface area contributed by atoms with E-state index in [9.17, 15) is 0 Å². The standard InChI is InChI=1S/C16H21N3O2/c1-13-14(11-17-21-13)12-18-6-8-19(9-7-18)15-4-3-5-16(10-15)20-2/h3-5,10-11H,6-9,12H2,1-2H3. The molecular formula is C16H21N3O2. The van der Waals surface area contributed by atoms with Crippen molar-refractivity contribution in [2.24, 2.45) is 0 Å². The predicted octanol–water partition coefficient (Wildman–Crippen LogP) is 2.31. The lowest BCUT2D eigenvalue weighted by Crippen LogP contribution is -2.46. The maximum absolute atomic E-state index is 5.30. The number of piperazine rings is 1. The molecule has 0 saturated carbocycles. The third-order valence-corrected chi connectivity index (χ3v) is 4.04. The Morgan fingerprint density at radius 1 is 1.24 bits per heavy atom. The van der Waals surface area contributed by atoms with Gasteiger partial charge in [0.2, 0.25) is 0 Å². The number of hydrogen-bond donors (Lipinski definition) is 0. The van der Waals surface area contributed by atoms with E-state index in [2.05, 4.69) is 27.1 Å². The summed E-state index contributed by atoms with van der Waals surface area (Å²) < 4.78 is 10.4. The minimum Gasteiger partial charge on any atom is -0.497 e. The molecular weight excluding hydrogens is 266 g/mol. The zero-order valence-electron chi connectivity index (χ0n) is 12.6. The van der Waals surface area contributed by atoms with Crippen molar-refractivity contribution in [3.05, 3.63) is 41.8 Å². The Labute approximate surface area is 125 Å². The van der Waals surface area contributed by atoms with Gasteiger partial charge in [0.05, 0.1) is 13.3 Å². The largest absolute Gasteiger partial charge is 0.497 e. The summed E-state index contributed by atoms with van der Waals surface area (Å²) in [5.74, 6) is 1.83. The van der Waals surface area contributed by atoms with Crippen molar-refractivity contribution in [1.29, 1.82) is 0 Å². The average molecular weight is 287 g/mol. The van der Waals surface area contributed by atoms with Gasteiger partial charge in [0.15, 0.2) is 0 Å². The van der Waals surface area contributed by atoms with Crippen molar-refractivity contribution in [2.75, 3.05) is 38.2 Å². The summed E-state index contributed by atoms with van der Waals surface area (Å²) in [5, 5.41) is 3.84. The van der Waals surface area contributed by atoms with E-state index in [4.69, 9.17) is 9.26 Å². The fourth-order valence-corrected chi connectivity index (χ4v) is 2.68. The summed E-state index contributed by atoms with van der Waals surface area (Å²) in [4.78, 5) is 4.84. The number of aromatic nitrogens is 1. The lowest BCUT2D eigenvalue weighted by atomic mass is 10.2. The monoisotopic (exact) mass is 287 g/mol. The van der Waals surface area contributed by atoms with Gasteiger partial charge in [0, 0.05) is 50.0 Å². The molecule has 0 atom stereocenters. The van der Waals surface area contributed by atoms with Crippen LogP contribution in [0.5, 0.6) is 5.75 Å². The fraction of sp³-hybridized carbons (Fsp3) is 0.438. The molecule has 0 N–H and O–H groups in total. The van der Waals surface area contributed by atoms with Crippen LogP contribution in [0.3, 0.4) is 0 Å². The Morgan fingerprint density at radius 3 is 2.71 bits per heavy atom. The topological polar surface area (TPSA) is 41.7 Å². The minimum absolute atomic E-state index is 0.912. The van der Waals surface area contributed by atoms with Crippen LogP contribution in [-0.4, -0.2) is 43.3 Å². The molecule has 0 unspecified atom stereocenters. The van der Waals surface area contributed by atoms with Gasteiger partial charge in [-0.1, -0.05) is 11.2 Å². The summed E-state index contributed by atoms with van der Waals surface area (Å²) in [6.07, 6.45) is 1.82. The smallest absolute Gasteiger partial charge is 0.138 e. The van der Waals surface area contributed by atoms with Crippen LogP contribution in [0.15, 0.2) is 35.0 Å². The summed E-state index contributed by atoms with van der Waals surface area (Å²) in [7, 11) is 1.71. The molecule has 1 aliphatic rings. The van der Waals surface area contributed by atoms with E-state index in [-0.39, 0.29) is 0 Å². The first-order valence-electron chi connectivity index (χ1n) is 7.28. The molecule has 2 aromatic rings. The first-order chi connectivity index (χ1) is 10.3. The Bertz CT molecular complexity index is 589. The zero-order chi connectivity index (χ0) is 14.7. The first-order valence-corrected chi connectivity index (χ1v) is 7.28. The number of methoxy groups -OCH3 is 1. The molecule has 1 aliphatic heterocycles. The second kappa shape index (κ2) is 6.18. The van der Waals surface area contributed by atoms with Gasteiger partial charge in [-0.2, -0.15) is 0 Å². The molecule has 1 aromatic carbocycles. The summed E-state index contributed by atoms with van der Waals surface area (Å²) >= 11 is 0. The van der Waals surface area contributed by atoms with Gasteiger partial charge in [-0.3, -0.25) is 4.90 Å². The third kappa shape index (κ3) is 3.19. The number of aryl methyl sites for hydroxylation is 1. The van der Waals surface area contributed by atoms with Gasteiger partial charge in [-0.15, -0.1) is 0 Å². The molecule has 2 heterocycles. The predicted molar refractivity (Wildman–Crippen MR) is 81.7 cm³/mol. The van der Waals surface area contributed by atoms with Gasteiger partial charge in [-0.25, -0.2) is 0 Å². The van der Waals surface area contributed by atoms with E-state index in [1.165, 1.54) is 11.3 Å². The van der Waals surface area contributed by atoms with Crippen LogP contribution in [0.25, 0.3) is 0 Å². The summed E-state index contributed by atoms with van der Waals surface area (Å²) in [6, 6.07) is 8.26. The molecule has 21 heavy (non-hydrogen) atoms. The van der Waals surface area contributed by atoms with Crippen LogP contribution in [-0.2, 0) is 6.54 Å². The molecule has 0 radical (unpaired) electrons. The number of ether oxygens (including phenoxy) is 1. The molecule has 112 valence electrons. The molecule has 5 nitrogen and oxygen atoms in total. The van der Waals surface area contributed by atoms with Crippen molar-refractivity contribution < 1.29 is 9.26 Å². The van der Waals surface area contributed by atoms with Crippen LogP contribution in [0.2, 0.25) is 0 Å². The van der Waals surface area contributed by atoms with E-state index in [1.807, 2.05) is 25.3 Å². The lowest BCUT2D eigenvalue weighted by molar-refractivity contribution is 0.248. The van der Waals surface area contributed by atoms with Crippen LogP contribution >= 0.6 is 0 Å². The van der Waals surface area contributed by atoms with Crippen molar-refractivity contribution in [1.82, 2.24) is 10.1 Å². The minimum atomic E-state index is 0.912. The molecule has 0 amide bonds. The molecule has 1 aromatic heterocycles. The van der Waals surface area contributed by atoms with Gasteiger partial charge in [0.25, 0.3) is 0 Å². The Morgan fingerprint density at radius 2 is 2.05 bits per heavy atom. The van der Waals surface area contributed by atoms with Gasteiger partial charge in [0.1, 0.15) is 11.5 Å². The van der Waals surface area contributed by atoms with Gasteiger partial charge < -0.3 is 14.2 Å². The highest BCUT2D eigenvalue weighted by Crippen LogP contribution is 2.22. The Balaban J connectivity index is 1.58. The van der Waals surface area contributed by atoms with Gasteiger partial charge in [-0.05, 0) is 19.1 Å². The number of anilines is 1. The normalized spacial score (nSPS) is 16.2. The van der Waals surface area contributed by atoms with Crippen molar-refractivity contribution in [3.63, 3.8) is 0 Å². The quantitative estimate of drug-likeness (QED) is 0.863. The highest BCUT2D eigenvalue weighted by atomic mass is 16.5. The van der Waals surface area contributed by atoms with E-state index in [0.29, 0.717) is 0 Å². The van der Waals surface area contributed by atoms with Crippen molar-refractivity contribution >= 4 is 5.69 Å². The van der Waals surface area contributed by atoms with Crippen LogP contribution < -0.4 is 9.64 Å². The molecule has 0 bridgehead atoms. The highest BCUT2D eigenvalue weighted by molar-refractivity contribution is 5.51. The van der Waals surface area contributed by atoms with Crippen LogP contribution in [0.4, 0.5) is 5.69 Å². The zero-order valence-corrected chi connectivity index (χ0v) is 12.6. The molecule has 0 spiro atoms. The second-order valence-corrected chi connectivity index (χ2v) is 5.37. The van der Waals surface area contributed by atoms with E-state index in [0.717, 1.165) is 44.2 Å². The summed E-state index contributed by atoms with van der Waals surface area (Å²) in [5.41, 5.74) is 2.42. The average Bonchev–Trinajstić information content (AvgIpc) is 2.93. The van der Waals surface area contributed by atoms with Gasteiger partial charge >= 0.3 is 0 Å². The Hall–Kier alpha value is -2.01. The number of nitrogens with zero attached hydrogens (tertiary/aromatic N) is 3. The SMILES string of the molecule is COc1cccc(N2CCN(Cc3cnoc3C)CC2)c1. The molecule has 5 heteroatoms. The number of hydrogen-bond acceptors (Lipinski definition) is 5. The molecule has 1 saturated heterocycles. The number of rotatable bonds is 4. The van der Waals surface area contributed by atoms with E-state index < -0.39 is 0 Å². The molecule has 0 aliphatic carbocycles. The second-order valence-electron chi connectivity index (χ2n) is 5.37. The van der Waals surface area contributed by atoms with E-state index >= 15 is 0 Å². The van der Waals surface area contributed by atoms with Crippen LogP contribution in [0, 0.1) is 6.92 Å². The highest BCUT2D eigenvalue weighted by Gasteiger charge is 2.18. The third-order valence-electron chi connectivity index (χ3n) is 4.04. The van der Waals surface area contributed by atoms with Crippen LogP contribution in [0.1, 0.15) is 11.3 Å². The Kier molecular flexibility index (Phi) is 4.10. The summed E-state index contributed by atoms with van der Waals surface area (Å²) in [6.45, 7) is 7.02.